The lowest BCUT2D eigenvalue weighted by Gasteiger charge is -2.10. The number of benzene rings is 2. The highest BCUT2D eigenvalue weighted by atomic mass is 32.1. The summed E-state index contributed by atoms with van der Waals surface area (Å²) in [7, 11) is 0. The van der Waals surface area contributed by atoms with Crippen molar-refractivity contribution < 1.29 is 0 Å². The highest BCUT2D eigenvalue weighted by Gasteiger charge is 2.12. The second-order valence-electron chi connectivity index (χ2n) is 7.07. The number of aromatic nitrogens is 2. The van der Waals surface area contributed by atoms with Gasteiger partial charge in [0.2, 0.25) is 0 Å². The van der Waals surface area contributed by atoms with Gasteiger partial charge in [-0.2, -0.15) is 0 Å². The van der Waals surface area contributed by atoms with Gasteiger partial charge < -0.3 is 4.98 Å². The second-order valence-corrected chi connectivity index (χ2v) is 8.02. The molecule has 1 N–H and O–H groups in total. The number of hydrogen-bond donors (Lipinski definition) is 1. The molecule has 3 nitrogen and oxygen atoms in total. The van der Waals surface area contributed by atoms with E-state index in [1.165, 1.54) is 0 Å². The van der Waals surface area contributed by atoms with Gasteiger partial charge in [0.25, 0.3) is 5.56 Å². The van der Waals surface area contributed by atoms with Crippen molar-refractivity contribution in [3.05, 3.63) is 100 Å². The summed E-state index contributed by atoms with van der Waals surface area (Å²) >= 11 is 1.64. The predicted octanol–water partition coefficient (Wildman–Crippen LogP) is 6.29. The number of aryl methyl sites for hydroxylation is 1. The quantitative estimate of drug-likeness (QED) is 0.391. The second kappa shape index (κ2) is 7.15. The van der Waals surface area contributed by atoms with Gasteiger partial charge in [-0.25, -0.2) is 4.98 Å². The first-order chi connectivity index (χ1) is 14.2. The SMILES string of the molecule is Cc1ccc2[nH]c(=O)c(-c3cc(-c4ccccc4)nc(-c4cccs4)c3)cc2c1. The van der Waals surface area contributed by atoms with Crippen LogP contribution in [0.15, 0.2) is 89.0 Å². The zero-order valence-corrected chi connectivity index (χ0v) is 16.7. The zero-order chi connectivity index (χ0) is 19.8. The van der Waals surface area contributed by atoms with Crippen LogP contribution in [0, 0.1) is 6.92 Å². The van der Waals surface area contributed by atoms with Crippen molar-refractivity contribution in [1.29, 1.82) is 0 Å². The molecule has 0 saturated heterocycles. The van der Waals surface area contributed by atoms with E-state index in [4.69, 9.17) is 4.98 Å². The van der Waals surface area contributed by atoms with Crippen LogP contribution in [0.1, 0.15) is 5.56 Å². The van der Waals surface area contributed by atoms with Gasteiger partial charge in [-0.1, -0.05) is 48.0 Å². The van der Waals surface area contributed by atoms with Crippen molar-refractivity contribution >= 4 is 22.2 Å². The molecule has 0 saturated carbocycles. The molecule has 5 aromatic rings. The zero-order valence-electron chi connectivity index (χ0n) is 15.8. The van der Waals surface area contributed by atoms with E-state index in [0.29, 0.717) is 5.56 Å². The van der Waals surface area contributed by atoms with Gasteiger partial charge in [0.15, 0.2) is 0 Å². The summed E-state index contributed by atoms with van der Waals surface area (Å²) in [5.74, 6) is 0. The van der Waals surface area contributed by atoms with Crippen molar-refractivity contribution in [2.45, 2.75) is 6.92 Å². The van der Waals surface area contributed by atoms with Gasteiger partial charge in [-0.15, -0.1) is 11.3 Å². The fourth-order valence-corrected chi connectivity index (χ4v) is 4.22. The molecule has 0 unspecified atom stereocenters. The van der Waals surface area contributed by atoms with Gasteiger partial charge in [0.05, 0.1) is 16.3 Å². The van der Waals surface area contributed by atoms with E-state index in [2.05, 4.69) is 24.0 Å². The Bertz CT molecular complexity index is 1370. The van der Waals surface area contributed by atoms with Crippen molar-refractivity contribution in [1.82, 2.24) is 9.97 Å². The van der Waals surface area contributed by atoms with Crippen LogP contribution in [-0.4, -0.2) is 9.97 Å². The third-order valence-corrected chi connectivity index (χ3v) is 5.87. The summed E-state index contributed by atoms with van der Waals surface area (Å²) in [6.07, 6.45) is 0. The van der Waals surface area contributed by atoms with E-state index in [1.54, 1.807) is 11.3 Å². The van der Waals surface area contributed by atoms with Gasteiger partial charge in [-0.05, 0) is 59.7 Å². The number of H-pyrrole nitrogens is 1. The van der Waals surface area contributed by atoms with Crippen LogP contribution in [-0.2, 0) is 0 Å². The van der Waals surface area contributed by atoms with Gasteiger partial charge >= 0.3 is 0 Å². The number of nitrogens with zero attached hydrogens (tertiary/aromatic N) is 1. The van der Waals surface area contributed by atoms with E-state index < -0.39 is 0 Å². The Kier molecular flexibility index (Phi) is 4.34. The van der Waals surface area contributed by atoms with Crippen LogP contribution in [0.2, 0.25) is 0 Å². The summed E-state index contributed by atoms with van der Waals surface area (Å²) in [4.78, 5) is 21.9. The highest BCUT2D eigenvalue weighted by molar-refractivity contribution is 7.13. The van der Waals surface area contributed by atoms with Gasteiger partial charge in [0.1, 0.15) is 0 Å². The van der Waals surface area contributed by atoms with Crippen molar-refractivity contribution in [2.24, 2.45) is 0 Å². The molecular weight excluding hydrogens is 376 g/mol. The molecule has 4 heteroatoms. The average Bonchev–Trinajstić information content (AvgIpc) is 3.29. The highest BCUT2D eigenvalue weighted by Crippen LogP contribution is 2.31. The molecule has 0 amide bonds. The molecule has 0 radical (unpaired) electrons. The van der Waals surface area contributed by atoms with Crippen LogP contribution in [0.4, 0.5) is 0 Å². The lowest BCUT2D eigenvalue weighted by atomic mass is 10.0. The normalized spacial score (nSPS) is 11.1. The topological polar surface area (TPSA) is 45.8 Å². The fourth-order valence-electron chi connectivity index (χ4n) is 3.53. The Labute approximate surface area is 172 Å². The molecule has 0 bridgehead atoms. The van der Waals surface area contributed by atoms with Crippen LogP contribution in [0.5, 0.6) is 0 Å². The first kappa shape index (κ1) is 17.6. The summed E-state index contributed by atoms with van der Waals surface area (Å²) in [6, 6.07) is 26.2. The van der Waals surface area contributed by atoms with Crippen LogP contribution >= 0.6 is 11.3 Å². The number of hydrogen-bond acceptors (Lipinski definition) is 3. The van der Waals surface area contributed by atoms with Crippen molar-refractivity contribution in [3.8, 4) is 33.0 Å². The lowest BCUT2D eigenvalue weighted by molar-refractivity contribution is 1.29. The van der Waals surface area contributed by atoms with Crippen molar-refractivity contribution in [2.75, 3.05) is 0 Å². The average molecular weight is 394 g/mol. The van der Waals surface area contributed by atoms with Crippen LogP contribution in [0.3, 0.4) is 0 Å². The molecule has 0 fully saturated rings. The van der Waals surface area contributed by atoms with E-state index >= 15 is 0 Å². The molecule has 29 heavy (non-hydrogen) atoms. The lowest BCUT2D eigenvalue weighted by Crippen LogP contribution is -2.09. The molecule has 3 heterocycles. The monoisotopic (exact) mass is 394 g/mol. The summed E-state index contributed by atoms with van der Waals surface area (Å²) in [5.41, 5.74) is 6.20. The molecule has 0 spiro atoms. The van der Waals surface area contributed by atoms with E-state index in [0.717, 1.165) is 43.9 Å². The Morgan fingerprint density at radius 3 is 2.45 bits per heavy atom. The Hall–Kier alpha value is -3.50. The van der Waals surface area contributed by atoms with E-state index in [-0.39, 0.29) is 5.56 Å². The third-order valence-electron chi connectivity index (χ3n) is 4.98. The van der Waals surface area contributed by atoms with Crippen molar-refractivity contribution in [3.63, 3.8) is 0 Å². The molecule has 140 valence electrons. The maximum atomic E-state index is 12.9. The largest absolute Gasteiger partial charge is 0.321 e. The minimum absolute atomic E-state index is 0.0938. The molecule has 0 atom stereocenters. The van der Waals surface area contributed by atoms with Gasteiger partial charge in [0, 0.05) is 16.6 Å². The Morgan fingerprint density at radius 1 is 0.828 bits per heavy atom. The number of aromatic amines is 1. The Morgan fingerprint density at radius 2 is 1.66 bits per heavy atom. The summed E-state index contributed by atoms with van der Waals surface area (Å²) < 4.78 is 0. The molecule has 0 aliphatic carbocycles. The number of pyridine rings is 2. The minimum atomic E-state index is -0.0938. The molecule has 0 aliphatic rings. The molecular formula is C25H18N2OS. The molecule has 2 aromatic carbocycles. The predicted molar refractivity (Wildman–Crippen MR) is 121 cm³/mol. The van der Waals surface area contributed by atoms with E-state index in [1.807, 2.05) is 72.1 Å². The molecule has 0 aliphatic heterocycles. The van der Waals surface area contributed by atoms with Crippen LogP contribution in [0.25, 0.3) is 43.9 Å². The summed E-state index contributed by atoms with van der Waals surface area (Å²) in [6.45, 7) is 2.05. The maximum Gasteiger partial charge on any atom is 0.256 e. The first-order valence-corrected chi connectivity index (χ1v) is 10.3. The summed E-state index contributed by atoms with van der Waals surface area (Å²) in [5, 5.41) is 3.06. The number of fused-ring (bicyclic) bond motifs is 1. The maximum absolute atomic E-state index is 12.9. The smallest absolute Gasteiger partial charge is 0.256 e. The van der Waals surface area contributed by atoms with Crippen LogP contribution < -0.4 is 5.56 Å². The number of thiophene rings is 1. The number of rotatable bonds is 3. The molecule has 5 rings (SSSR count). The van der Waals surface area contributed by atoms with Gasteiger partial charge in [-0.3, -0.25) is 4.79 Å². The van der Waals surface area contributed by atoms with E-state index in [9.17, 15) is 4.79 Å². The third kappa shape index (κ3) is 3.39. The first-order valence-electron chi connectivity index (χ1n) is 9.43. The molecule has 3 aromatic heterocycles. The minimum Gasteiger partial charge on any atom is -0.321 e. The number of nitrogens with one attached hydrogen (secondary N) is 1. The fraction of sp³-hybridized carbons (Fsp3) is 0.0400. The standard InChI is InChI=1S/C25H18N2OS/c1-16-9-10-21-19(12-16)13-20(25(28)27-21)18-14-22(17-6-3-2-4-7-17)26-23(15-18)24-8-5-11-29-24/h2-15H,1H3,(H,27,28). The Balaban J connectivity index is 1.76.